The summed E-state index contributed by atoms with van der Waals surface area (Å²) in [6.07, 6.45) is 5.15. The van der Waals surface area contributed by atoms with E-state index < -0.39 is 0 Å². The van der Waals surface area contributed by atoms with E-state index >= 15 is 0 Å². The molecule has 2 aromatic heterocycles. The standard InChI is InChI=1S/C20H27N7O/c1-2-24-7-9-26(10-8-24)19-16-22-17(15-23-19)20(28)27-13-11-25(12-14-27)18-5-3-4-6-21-18/h3-6,15-16H,2,7-14H2,1H3. The molecule has 8 nitrogen and oxygen atoms in total. The van der Waals surface area contributed by atoms with Gasteiger partial charge >= 0.3 is 0 Å². The normalized spacial score (nSPS) is 18.4. The molecule has 0 bridgehead atoms. The van der Waals surface area contributed by atoms with E-state index in [-0.39, 0.29) is 5.91 Å². The summed E-state index contributed by atoms with van der Waals surface area (Å²) in [6.45, 7) is 10.1. The van der Waals surface area contributed by atoms with E-state index in [1.807, 2.05) is 23.1 Å². The van der Waals surface area contributed by atoms with Gasteiger partial charge in [0.25, 0.3) is 5.91 Å². The fraction of sp³-hybridized carbons (Fsp3) is 0.500. The first-order chi connectivity index (χ1) is 13.7. The Kier molecular flexibility index (Phi) is 5.66. The van der Waals surface area contributed by atoms with Gasteiger partial charge in [-0.2, -0.15) is 0 Å². The molecule has 0 radical (unpaired) electrons. The Hall–Kier alpha value is -2.74. The van der Waals surface area contributed by atoms with Gasteiger partial charge in [-0.3, -0.25) is 4.79 Å². The van der Waals surface area contributed by atoms with E-state index in [2.05, 4.69) is 36.6 Å². The van der Waals surface area contributed by atoms with Crippen molar-refractivity contribution in [3.8, 4) is 0 Å². The summed E-state index contributed by atoms with van der Waals surface area (Å²) in [6, 6.07) is 5.90. The van der Waals surface area contributed by atoms with Gasteiger partial charge < -0.3 is 19.6 Å². The van der Waals surface area contributed by atoms with Crippen LogP contribution in [0.3, 0.4) is 0 Å². The predicted octanol–water partition coefficient (Wildman–Crippen LogP) is 0.976. The Morgan fingerprint density at radius 1 is 0.857 bits per heavy atom. The highest BCUT2D eigenvalue weighted by Crippen LogP contribution is 2.16. The summed E-state index contributed by atoms with van der Waals surface area (Å²) >= 11 is 0. The average molecular weight is 381 g/mol. The minimum absolute atomic E-state index is 0.0458. The van der Waals surface area contributed by atoms with Gasteiger partial charge in [0.15, 0.2) is 0 Å². The molecule has 148 valence electrons. The first-order valence-electron chi connectivity index (χ1n) is 9.99. The highest BCUT2D eigenvalue weighted by atomic mass is 16.2. The molecule has 2 fully saturated rings. The second-order valence-corrected chi connectivity index (χ2v) is 7.15. The van der Waals surface area contributed by atoms with Crippen LogP contribution in [0.2, 0.25) is 0 Å². The van der Waals surface area contributed by atoms with Crippen LogP contribution in [-0.4, -0.2) is 89.6 Å². The lowest BCUT2D eigenvalue weighted by atomic mass is 10.2. The Bertz CT molecular complexity index is 767. The van der Waals surface area contributed by atoms with E-state index in [4.69, 9.17) is 0 Å². The van der Waals surface area contributed by atoms with E-state index in [1.165, 1.54) is 0 Å². The number of amides is 1. The van der Waals surface area contributed by atoms with Crippen LogP contribution in [0.4, 0.5) is 11.6 Å². The Morgan fingerprint density at radius 3 is 2.18 bits per heavy atom. The lowest BCUT2D eigenvalue weighted by Gasteiger charge is -2.35. The summed E-state index contributed by atoms with van der Waals surface area (Å²) in [7, 11) is 0. The number of hydrogen-bond donors (Lipinski definition) is 0. The van der Waals surface area contributed by atoms with Gasteiger partial charge in [0.05, 0.1) is 12.4 Å². The predicted molar refractivity (Wildman–Crippen MR) is 109 cm³/mol. The summed E-state index contributed by atoms with van der Waals surface area (Å²) in [5, 5.41) is 0. The van der Waals surface area contributed by atoms with Gasteiger partial charge in [0.2, 0.25) is 0 Å². The van der Waals surface area contributed by atoms with Gasteiger partial charge in [-0.15, -0.1) is 0 Å². The fourth-order valence-corrected chi connectivity index (χ4v) is 3.73. The average Bonchev–Trinajstić information content (AvgIpc) is 2.79. The molecule has 1 amide bonds. The molecule has 0 spiro atoms. The topological polar surface area (TPSA) is 68.7 Å². The second-order valence-electron chi connectivity index (χ2n) is 7.15. The molecule has 0 unspecified atom stereocenters. The lowest BCUT2D eigenvalue weighted by molar-refractivity contribution is 0.0740. The molecule has 28 heavy (non-hydrogen) atoms. The Balaban J connectivity index is 1.33. The molecule has 4 rings (SSSR count). The van der Waals surface area contributed by atoms with Crippen LogP contribution in [0.15, 0.2) is 36.8 Å². The lowest BCUT2D eigenvalue weighted by Crippen LogP contribution is -2.49. The molecule has 0 saturated carbocycles. The number of hydrogen-bond acceptors (Lipinski definition) is 7. The van der Waals surface area contributed by atoms with Crippen molar-refractivity contribution in [2.45, 2.75) is 6.92 Å². The summed E-state index contributed by atoms with van der Waals surface area (Å²) < 4.78 is 0. The molecule has 4 heterocycles. The van der Waals surface area contributed by atoms with Crippen molar-refractivity contribution >= 4 is 17.5 Å². The van der Waals surface area contributed by atoms with Crippen LogP contribution in [0.1, 0.15) is 17.4 Å². The summed E-state index contributed by atoms with van der Waals surface area (Å²) in [4.78, 5) is 34.8. The summed E-state index contributed by atoms with van der Waals surface area (Å²) in [5.74, 6) is 1.77. The largest absolute Gasteiger partial charge is 0.353 e. The third-order valence-electron chi connectivity index (χ3n) is 5.54. The van der Waals surface area contributed by atoms with E-state index in [1.54, 1.807) is 18.6 Å². The molecule has 0 aliphatic carbocycles. The number of carbonyl (C=O) groups is 1. The number of rotatable bonds is 4. The maximum absolute atomic E-state index is 12.8. The quantitative estimate of drug-likeness (QED) is 0.782. The van der Waals surface area contributed by atoms with Gasteiger partial charge in [0.1, 0.15) is 17.3 Å². The molecular weight excluding hydrogens is 354 g/mol. The van der Waals surface area contributed by atoms with Gasteiger partial charge in [-0.05, 0) is 18.7 Å². The third-order valence-corrected chi connectivity index (χ3v) is 5.54. The summed E-state index contributed by atoms with van der Waals surface area (Å²) in [5.41, 5.74) is 0.419. The van der Waals surface area contributed by atoms with E-state index in [9.17, 15) is 4.79 Å². The minimum atomic E-state index is -0.0458. The van der Waals surface area contributed by atoms with Crippen molar-refractivity contribution in [3.63, 3.8) is 0 Å². The van der Waals surface area contributed by atoms with Crippen molar-refractivity contribution in [1.29, 1.82) is 0 Å². The van der Waals surface area contributed by atoms with Crippen LogP contribution in [0.25, 0.3) is 0 Å². The SMILES string of the molecule is CCN1CCN(c2cnc(C(=O)N3CCN(c4ccccn4)CC3)cn2)CC1. The zero-order valence-electron chi connectivity index (χ0n) is 16.4. The maximum Gasteiger partial charge on any atom is 0.274 e. The van der Waals surface area contributed by atoms with Crippen molar-refractivity contribution in [3.05, 3.63) is 42.5 Å². The van der Waals surface area contributed by atoms with Crippen LogP contribution < -0.4 is 9.80 Å². The molecule has 0 aromatic carbocycles. The maximum atomic E-state index is 12.8. The number of piperazine rings is 2. The second kappa shape index (κ2) is 8.52. The Morgan fingerprint density at radius 2 is 1.57 bits per heavy atom. The van der Waals surface area contributed by atoms with Crippen LogP contribution >= 0.6 is 0 Å². The van der Waals surface area contributed by atoms with Crippen molar-refractivity contribution in [1.82, 2.24) is 24.8 Å². The minimum Gasteiger partial charge on any atom is -0.353 e. The van der Waals surface area contributed by atoms with Crippen LogP contribution in [-0.2, 0) is 0 Å². The van der Waals surface area contributed by atoms with Gasteiger partial charge in [-0.25, -0.2) is 15.0 Å². The number of likely N-dealkylation sites (N-methyl/N-ethyl adjacent to an activating group) is 1. The van der Waals surface area contributed by atoms with E-state index in [0.29, 0.717) is 18.8 Å². The zero-order valence-corrected chi connectivity index (χ0v) is 16.4. The zero-order chi connectivity index (χ0) is 19.3. The number of nitrogens with zero attached hydrogens (tertiary/aromatic N) is 7. The molecular formula is C20H27N7O. The number of carbonyl (C=O) groups excluding carboxylic acids is 1. The molecule has 2 aliphatic heterocycles. The molecule has 2 aliphatic rings. The first kappa shape index (κ1) is 18.6. The fourth-order valence-electron chi connectivity index (χ4n) is 3.73. The van der Waals surface area contributed by atoms with Gasteiger partial charge in [-0.1, -0.05) is 13.0 Å². The number of anilines is 2. The molecule has 8 heteroatoms. The first-order valence-corrected chi connectivity index (χ1v) is 9.99. The number of aromatic nitrogens is 3. The van der Waals surface area contributed by atoms with Crippen LogP contribution in [0, 0.1) is 0 Å². The van der Waals surface area contributed by atoms with E-state index in [0.717, 1.165) is 57.4 Å². The number of pyridine rings is 1. The third kappa shape index (κ3) is 4.06. The molecule has 0 atom stereocenters. The Labute approximate surface area is 165 Å². The molecule has 0 N–H and O–H groups in total. The smallest absolute Gasteiger partial charge is 0.274 e. The molecule has 2 saturated heterocycles. The van der Waals surface area contributed by atoms with Crippen molar-refractivity contribution in [2.75, 3.05) is 68.7 Å². The molecule has 2 aromatic rings. The van der Waals surface area contributed by atoms with Crippen molar-refractivity contribution in [2.24, 2.45) is 0 Å². The van der Waals surface area contributed by atoms with Gasteiger partial charge in [0, 0.05) is 58.6 Å². The monoisotopic (exact) mass is 381 g/mol. The van der Waals surface area contributed by atoms with Crippen molar-refractivity contribution < 1.29 is 4.79 Å². The highest BCUT2D eigenvalue weighted by Gasteiger charge is 2.24. The van der Waals surface area contributed by atoms with Crippen LogP contribution in [0.5, 0.6) is 0 Å². The highest BCUT2D eigenvalue weighted by molar-refractivity contribution is 5.92.